The van der Waals surface area contributed by atoms with Gasteiger partial charge in [-0.1, -0.05) is 18.5 Å². The third-order valence-corrected chi connectivity index (χ3v) is 3.30. The molecule has 1 rings (SSSR count). The van der Waals surface area contributed by atoms with Crippen LogP contribution in [-0.2, 0) is 11.2 Å². The van der Waals surface area contributed by atoms with Crippen LogP contribution in [0.1, 0.15) is 25.3 Å². The predicted octanol–water partition coefficient (Wildman–Crippen LogP) is 3.30. The Labute approximate surface area is 121 Å². The number of hydrogen-bond acceptors (Lipinski definition) is 3. The Balaban J connectivity index is 2.72. The van der Waals surface area contributed by atoms with Gasteiger partial charge in [0.05, 0.1) is 7.11 Å². The Morgan fingerprint density at radius 1 is 1.32 bits per heavy atom. The van der Waals surface area contributed by atoms with E-state index in [1.165, 1.54) is 0 Å². The molecule has 0 spiro atoms. The van der Waals surface area contributed by atoms with Crippen molar-refractivity contribution in [2.24, 2.45) is 0 Å². The second kappa shape index (κ2) is 9.18. The smallest absolute Gasteiger partial charge is 0.122 e. The standard InChI is InChI=1S/C15H24ClNO2/c1-4-8-17-14(7-9-18-2)11-12-10-13(16)5-6-15(12)19-3/h5-6,10,14,17H,4,7-9,11H2,1-3H3. The fourth-order valence-corrected chi connectivity index (χ4v) is 2.25. The molecule has 0 radical (unpaired) electrons. The van der Waals surface area contributed by atoms with Gasteiger partial charge in [-0.2, -0.15) is 0 Å². The first-order valence-corrected chi connectivity index (χ1v) is 7.13. The van der Waals surface area contributed by atoms with Crippen LogP contribution < -0.4 is 10.1 Å². The number of methoxy groups -OCH3 is 2. The van der Waals surface area contributed by atoms with Gasteiger partial charge in [0.1, 0.15) is 5.75 Å². The first-order valence-electron chi connectivity index (χ1n) is 6.76. The maximum Gasteiger partial charge on any atom is 0.122 e. The summed E-state index contributed by atoms with van der Waals surface area (Å²) in [6.07, 6.45) is 3.00. The minimum Gasteiger partial charge on any atom is -0.496 e. The summed E-state index contributed by atoms with van der Waals surface area (Å²) in [6.45, 7) is 3.93. The Morgan fingerprint density at radius 2 is 2.11 bits per heavy atom. The van der Waals surface area contributed by atoms with Gasteiger partial charge in [0.2, 0.25) is 0 Å². The molecule has 1 unspecified atom stereocenters. The second-order valence-corrected chi connectivity index (χ2v) is 5.03. The summed E-state index contributed by atoms with van der Waals surface area (Å²) in [7, 11) is 3.42. The Hall–Kier alpha value is -0.770. The topological polar surface area (TPSA) is 30.5 Å². The van der Waals surface area contributed by atoms with Crippen molar-refractivity contribution in [1.29, 1.82) is 0 Å². The van der Waals surface area contributed by atoms with Gasteiger partial charge in [0.15, 0.2) is 0 Å². The van der Waals surface area contributed by atoms with Crippen LogP contribution in [-0.4, -0.2) is 33.4 Å². The van der Waals surface area contributed by atoms with Crippen LogP contribution in [0.3, 0.4) is 0 Å². The zero-order valence-electron chi connectivity index (χ0n) is 12.0. The van der Waals surface area contributed by atoms with Crippen molar-refractivity contribution in [1.82, 2.24) is 5.32 Å². The quantitative estimate of drug-likeness (QED) is 0.755. The number of ether oxygens (including phenoxy) is 2. The second-order valence-electron chi connectivity index (χ2n) is 4.59. The van der Waals surface area contributed by atoms with Crippen LogP contribution in [0.2, 0.25) is 5.02 Å². The van der Waals surface area contributed by atoms with E-state index in [2.05, 4.69) is 12.2 Å². The average Bonchev–Trinajstić information content (AvgIpc) is 2.42. The molecule has 0 aliphatic rings. The van der Waals surface area contributed by atoms with Crippen LogP contribution in [0.15, 0.2) is 18.2 Å². The van der Waals surface area contributed by atoms with Crippen LogP contribution in [0.25, 0.3) is 0 Å². The third-order valence-electron chi connectivity index (χ3n) is 3.06. The highest BCUT2D eigenvalue weighted by Gasteiger charge is 2.12. The zero-order valence-corrected chi connectivity index (χ0v) is 12.8. The van der Waals surface area contributed by atoms with Crippen molar-refractivity contribution < 1.29 is 9.47 Å². The lowest BCUT2D eigenvalue weighted by molar-refractivity contribution is 0.182. The van der Waals surface area contributed by atoms with Crippen molar-refractivity contribution >= 4 is 11.6 Å². The number of nitrogens with one attached hydrogen (secondary N) is 1. The molecule has 0 aliphatic heterocycles. The summed E-state index contributed by atoms with van der Waals surface area (Å²) < 4.78 is 10.6. The number of hydrogen-bond donors (Lipinski definition) is 1. The average molecular weight is 286 g/mol. The zero-order chi connectivity index (χ0) is 14.1. The van der Waals surface area contributed by atoms with Crippen molar-refractivity contribution in [3.63, 3.8) is 0 Å². The van der Waals surface area contributed by atoms with E-state index in [1.807, 2.05) is 18.2 Å². The molecule has 0 bridgehead atoms. The molecular weight excluding hydrogens is 262 g/mol. The lowest BCUT2D eigenvalue weighted by Gasteiger charge is -2.19. The van der Waals surface area contributed by atoms with Gasteiger partial charge in [-0.15, -0.1) is 0 Å². The summed E-state index contributed by atoms with van der Waals surface area (Å²) in [5.41, 5.74) is 1.14. The van der Waals surface area contributed by atoms with Gasteiger partial charge >= 0.3 is 0 Å². The molecular formula is C15H24ClNO2. The summed E-state index contributed by atoms with van der Waals surface area (Å²) in [5.74, 6) is 0.894. The molecule has 0 aliphatic carbocycles. The molecule has 4 heteroatoms. The van der Waals surface area contributed by atoms with Gasteiger partial charge in [0.25, 0.3) is 0 Å². The van der Waals surface area contributed by atoms with E-state index in [-0.39, 0.29) is 0 Å². The fourth-order valence-electron chi connectivity index (χ4n) is 2.06. The first-order chi connectivity index (χ1) is 9.21. The summed E-state index contributed by atoms with van der Waals surface area (Å²) in [6, 6.07) is 6.14. The summed E-state index contributed by atoms with van der Waals surface area (Å²) in [5, 5.41) is 4.29. The molecule has 1 aromatic rings. The molecule has 1 atom stereocenters. The molecule has 108 valence electrons. The monoisotopic (exact) mass is 285 g/mol. The first kappa shape index (κ1) is 16.3. The molecule has 0 aromatic heterocycles. The lowest BCUT2D eigenvalue weighted by atomic mass is 10.0. The minimum absolute atomic E-state index is 0.382. The number of halogens is 1. The lowest BCUT2D eigenvalue weighted by Crippen LogP contribution is -2.33. The molecule has 3 nitrogen and oxygen atoms in total. The van der Waals surface area contributed by atoms with Crippen molar-refractivity contribution in [2.75, 3.05) is 27.4 Å². The van der Waals surface area contributed by atoms with Crippen LogP contribution in [0, 0.1) is 0 Å². The third kappa shape index (κ3) is 5.81. The summed E-state index contributed by atoms with van der Waals surface area (Å²) in [4.78, 5) is 0. The van der Waals surface area contributed by atoms with E-state index >= 15 is 0 Å². The highest BCUT2D eigenvalue weighted by Crippen LogP contribution is 2.24. The molecule has 1 N–H and O–H groups in total. The van der Waals surface area contributed by atoms with Crippen LogP contribution in [0.5, 0.6) is 5.75 Å². The van der Waals surface area contributed by atoms with Gasteiger partial charge in [-0.25, -0.2) is 0 Å². The van der Waals surface area contributed by atoms with E-state index in [0.29, 0.717) is 6.04 Å². The van der Waals surface area contributed by atoms with Gasteiger partial charge in [0, 0.05) is 24.8 Å². The molecule has 0 saturated carbocycles. The predicted molar refractivity (Wildman–Crippen MR) is 80.3 cm³/mol. The molecule has 19 heavy (non-hydrogen) atoms. The molecule has 0 heterocycles. The van der Waals surface area contributed by atoms with Gasteiger partial charge in [-0.3, -0.25) is 0 Å². The molecule has 1 aromatic carbocycles. The maximum atomic E-state index is 6.07. The Morgan fingerprint density at radius 3 is 2.74 bits per heavy atom. The maximum absolute atomic E-state index is 6.07. The van der Waals surface area contributed by atoms with E-state index in [0.717, 1.165) is 48.7 Å². The van der Waals surface area contributed by atoms with Crippen molar-refractivity contribution in [2.45, 2.75) is 32.2 Å². The van der Waals surface area contributed by atoms with E-state index in [4.69, 9.17) is 21.1 Å². The number of benzene rings is 1. The Bertz CT molecular complexity index is 363. The molecule has 0 saturated heterocycles. The van der Waals surface area contributed by atoms with E-state index in [9.17, 15) is 0 Å². The van der Waals surface area contributed by atoms with Crippen molar-refractivity contribution in [3.05, 3.63) is 28.8 Å². The molecule has 0 amide bonds. The highest BCUT2D eigenvalue weighted by atomic mass is 35.5. The normalized spacial score (nSPS) is 12.4. The SMILES string of the molecule is CCCNC(CCOC)Cc1cc(Cl)ccc1OC. The van der Waals surface area contributed by atoms with Crippen LogP contribution >= 0.6 is 11.6 Å². The number of rotatable bonds is 9. The Kier molecular flexibility index (Phi) is 7.87. The summed E-state index contributed by atoms with van der Waals surface area (Å²) >= 11 is 6.07. The van der Waals surface area contributed by atoms with Gasteiger partial charge < -0.3 is 14.8 Å². The molecule has 0 fully saturated rings. The van der Waals surface area contributed by atoms with Gasteiger partial charge in [-0.05, 0) is 49.6 Å². The minimum atomic E-state index is 0.382. The van der Waals surface area contributed by atoms with E-state index < -0.39 is 0 Å². The highest BCUT2D eigenvalue weighted by molar-refractivity contribution is 6.30. The van der Waals surface area contributed by atoms with Crippen molar-refractivity contribution in [3.8, 4) is 5.75 Å². The fraction of sp³-hybridized carbons (Fsp3) is 0.600. The van der Waals surface area contributed by atoms with Crippen LogP contribution in [0.4, 0.5) is 0 Å². The largest absolute Gasteiger partial charge is 0.496 e. The van der Waals surface area contributed by atoms with E-state index in [1.54, 1.807) is 14.2 Å².